The zero-order valence-electron chi connectivity index (χ0n) is 11.8. The average Bonchev–Trinajstić information content (AvgIpc) is 2.47. The van der Waals surface area contributed by atoms with Gasteiger partial charge in [-0.1, -0.05) is 6.07 Å². The molecule has 0 saturated heterocycles. The van der Waals surface area contributed by atoms with E-state index in [9.17, 15) is 22.0 Å². The van der Waals surface area contributed by atoms with Gasteiger partial charge < -0.3 is 5.32 Å². The molecule has 0 aliphatic carbocycles. The Hall–Kier alpha value is -2.48. The van der Waals surface area contributed by atoms with Crippen LogP contribution in [0.4, 0.5) is 14.5 Å². The van der Waals surface area contributed by atoms with Crippen LogP contribution in [0.15, 0.2) is 41.3 Å². The number of amides is 1. The quantitative estimate of drug-likeness (QED) is 0.899. The molecule has 0 spiro atoms. The van der Waals surface area contributed by atoms with Gasteiger partial charge in [0.25, 0.3) is 15.9 Å². The van der Waals surface area contributed by atoms with Crippen molar-refractivity contribution in [3.8, 4) is 0 Å². The third-order valence-electron chi connectivity index (χ3n) is 3.47. The second-order valence-electron chi connectivity index (χ2n) is 5.06. The minimum absolute atomic E-state index is 0.129. The Kier molecular flexibility index (Phi) is 3.77. The molecule has 0 aromatic heterocycles. The first-order valence-electron chi connectivity index (χ1n) is 6.76. The second kappa shape index (κ2) is 5.62. The molecule has 2 N–H and O–H groups in total. The number of hydrogen-bond donors (Lipinski definition) is 2. The molecule has 23 heavy (non-hydrogen) atoms. The summed E-state index contributed by atoms with van der Waals surface area (Å²) in [6, 6.07) is 6.73. The van der Waals surface area contributed by atoms with Crippen molar-refractivity contribution >= 4 is 21.6 Å². The van der Waals surface area contributed by atoms with E-state index in [2.05, 4.69) is 10.0 Å². The molecule has 0 atom stereocenters. The largest absolute Gasteiger partial charge is 0.352 e. The van der Waals surface area contributed by atoms with Crippen LogP contribution in [0.25, 0.3) is 0 Å². The van der Waals surface area contributed by atoms with Crippen molar-refractivity contribution in [2.75, 3.05) is 11.3 Å². The first-order chi connectivity index (χ1) is 10.9. The predicted octanol–water partition coefficient (Wildman–Crippen LogP) is 2.05. The van der Waals surface area contributed by atoms with Gasteiger partial charge in [-0.3, -0.25) is 9.52 Å². The number of nitrogens with one attached hydrogen (secondary N) is 2. The summed E-state index contributed by atoms with van der Waals surface area (Å²) in [5, 5.41) is 2.66. The van der Waals surface area contributed by atoms with Gasteiger partial charge in [0.1, 0.15) is 16.5 Å². The highest BCUT2D eigenvalue weighted by atomic mass is 32.2. The number of hydrogen-bond acceptors (Lipinski definition) is 3. The lowest BCUT2D eigenvalue weighted by molar-refractivity contribution is 0.0946. The predicted molar refractivity (Wildman–Crippen MR) is 79.6 cm³/mol. The summed E-state index contributed by atoms with van der Waals surface area (Å²) in [4.78, 5) is 11.1. The Labute approximate surface area is 131 Å². The molecule has 0 bridgehead atoms. The van der Waals surface area contributed by atoms with Crippen LogP contribution in [0.5, 0.6) is 0 Å². The van der Waals surface area contributed by atoms with E-state index in [4.69, 9.17) is 0 Å². The van der Waals surface area contributed by atoms with Crippen molar-refractivity contribution in [1.82, 2.24) is 5.32 Å². The van der Waals surface area contributed by atoms with Crippen molar-refractivity contribution in [2.24, 2.45) is 0 Å². The van der Waals surface area contributed by atoms with E-state index in [0.717, 1.165) is 17.7 Å². The number of benzene rings is 2. The van der Waals surface area contributed by atoms with Gasteiger partial charge in [-0.15, -0.1) is 0 Å². The molecule has 1 aliphatic heterocycles. The monoisotopic (exact) mass is 338 g/mol. The van der Waals surface area contributed by atoms with Crippen LogP contribution in [-0.4, -0.2) is 20.9 Å². The van der Waals surface area contributed by atoms with Crippen LogP contribution in [0.3, 0.4) is 0 Å². The summed E-state index contributed by atoms with van der Waals surface area (Å²) in [6.45, 7) is 0.525. The summed E-state index contributed by atoms with van der Waals surface area (Å²) in [6.07, 6.45) is 0.653. The van der Waals surface area contributed by atoms with Crippen LogP contribution >= 0.6 is 0 Å². The highest BCUT2D eigenvalue weighted by Crippen LogP contribution is 2.23. The molecule has 0 radical (unpaired) electrons. The Balaban J connectivity index is 1.95. The number of sulfonamides is 1. The first-order valence-corrected chi connectivity index (χ1v) is 8.24. The maximum Gasteiger partial charge on any atom is 0.264 e. The molecule has 1 heterocycles. The summed E-state index contributed by atoms with van der Waals surface area (Å²) >= 11 is 0. The molecule has 2 aromatic carbocycles. The molecule has 0 fully saturated rings. The third kappa shape index (κ3) is 3.02. The molecule has 0 unspecified atom stereocenters. The van der Waals surface area contributed by atoms with Gasteiger partial charge in [-0.2, -0.15) is 0 Å². The average molecular weight is 338 g/mol. The number of carbonyl (C=O) groups excluding carboxylic acids is 1. The number of rotatable bonds is 3. The molecule has 8 heteroatoms. The Morgan fingerprint density at radius 1 is 1.09 bits per heavy atom. The SMILES string of the molecule is O=C1NCCc2ccc(NS(=O)(=O)c3ccc(F)cc3F)cc21. The number of fused-ring (bicyclic) bond motifs is 1. The summed E-state index contributed by atoms with van der Waals surface area (Å²) in [5.74, 6) is -2.35. The van der Waals surface area contributed by atoms with Crippen molar-refractivity contribution in [1.29, 1.82) is 0 Å². The topological polar surface area (TPSA) is 75.3 Å². The zero-order chi connectivity index (χ0) is 16.6. The molecule has 1 aliphatic rings. The van der Waals surface area contributed by atoms with Crippen molar-refractivity contribution < 1.29 is 22.0 Å². The van der Waals surface area contributed by atoms with E-state index in [-0.39, 0.29) is 11.6 Å². The number of anilines is 1. The maximum atomic E-state index is 13.7. The molecule has 5 nitrogen and oxygen atoms in total. The van der Waals surface area contributed by atoms with E-state index in [1.165, 1.54) is 12.1 Å². The van der Waals surface area contributed by atoms with Crippen LogP contribution in [0.2, 0.25) is 0 Å². The minimum atomic E-state index is -4.23. The fourth-order valence-electron chi connectivity index (χ4n) is 2.38. The second-order valence-corrected chi connectivity index (χ2v) is 6.71. The highest BCUT2D eigenvalue weighted by molar-refractivity contribution is 7.92. The van der Waals surface area contributed by atoms with Crippen molar-refractivity contribution in [3.63, 3.8) is 0 Å². The molecular formula is C15H12F2N2O3S. The minimum Gasteiger partial charge on any atom is -0.352 e. The fourth-order valence-corrected chi connectivity index (χ4v) is 3.49. The van der Waals surface area contributed by atoms with Gasteiger partial charge in [-0.25, -0.2) is 17.2 Å². The van der Waals surface area contributed by atoms with Crippen LogP contribution < -0.4 is 10.0 Å². The molecule has 3 rings (SSSR count). The van der Waals surface area contributed by atoms with Gasteiger partial charge in [0.2, 0.25) is 0 Å². The molecular weight excluding hydrogens is 326 g/mol. The Morgan fingerprint density at radius 3 is 2.61 bits per heavy atom. The molecule has 2 aromatic rings. The lowest BCUT2D eigenvalue weighted by atomic mass is 10.00. The summed E-state index contributed by atoms with van der Waals surface area (Å²) in [5.41, 5.74) is 1.31. The van der Waals surface area contributed by atoms with Gasteiger partial charge in [0, 0.05) is 23.9 Å². The molecule has 0 saturated carbocycles. The summed E-state index contributed by atoms with van der Waals surface area (Å²) < 4.78 is 53.2. The van der Waals surface area contributed by atoms with Gasteiger partial charge in [-0.05, 0) is 36.2 Å². The number of halogens is 2. The van der Waals surface area contributed by atoms with E-state index >= 15 is 0 Å². The summed E-state index contributed by atoms with van der Waals surface area (Å²) in [7, 11) is -4.23. The number of carbonyl (C=O) groups is 1. The van der Waals surface area contributed by atoms with Crippen LogP contribution in [0, 0.1) is 11.6 Å². The fraction of sp³-hybridized carbons (Fsp3) is 0.133. The van der Waals surface area contributed by atoms with Crippen LogP contribution in [0.1, 0.15) is 15.9 Å². The highest BCUT2D eigenvalue weighted by Gasteiger charge is 2.22. The van der Waals surface area contributed by atoms with Crippen molar-refractivity contribution in [3.05, 3.63) is 59.2 Å². The molecule has 120 valence electrons. The van der Waals surface area contributed by atoms with E-state index in [0.29, 0.717) is 24.6 Å². The van der Waals surface area contributed by atoms with E-state index in [1.807, 2.05) is 0 Å². The van der Waals surface area contributed by atoms with Crippen molar-refractivity contribution in [2.45, 2.75) is 11.3 Å². The van der Waals surface area contributed by atoms with E-state index < -0.39 is 26.6 Å². The third-order valence-corrected chi connectivity index (χ3v) is 4.88. The maximum absolute atomic E-state index is 13.7. The zero-order valence-corrected chi connectivity index (χ0v) is 12.6. The smallest absolute Gasteiger partial charge is 0.264 e. The Morgan fingerprint density at radius 2 is 1.87 bits per heavy atom. The van der Waals surface area contributed by atoms with Gasteiger partial charge in [0.05, 0.1) is 0 Å². The first kappa shape index (κ1) is 15.4. The Bertz CT molecular complexity index is 898. The standard InChI is InChI=1S/C15H12F2N2O3S/c16-10-2-4-14(13(17)7-10)23(21,22)19-11-3-1-9-5-6-18-15(20)12(9)8-11/h1-4,7-8,19H,5-6H2,(H,18,20). The van der Waals surface area contributed by atoms with Crippen LogP contribution in [-0.2, 0) is 16.4 Å². The van der Waals surface area contributed by atoms with Gasteiger partial charge in [0.15, 0.2) is 0 Å². The van der Waals surface area contributed by atoms with E-state index in [1.54, 1.807) is 6.07 Å². The normalized spacial score (nSPS) is 14.1. The van der Waals surface area contributed by atoms with Gasteiger partial charge >= 0.3 is 0 Å². The lowest BCUT2D eigenvalue weighted by Crippen LogP contribution is -2.31. The lowest BCUT2D eigenvalue weighted by Gasteiger charge is -2.17. The molecule has 1 amide bonds.